The molecule has 1 aromatic heterocycles. The fourth-order valence-corrected chi connectivity index (χ4v) is 2.52. The van der Waals surface area contributed by atoms with Crippen molar-refractivity contribution >= 4 is 5.97 Å². The van der Waals surface area contributed by atoms with Gasteiger partial charge in [-0.2, -0.15) is 0 Å². The average Bonchev–Trinajstić information content (AvgIpc) is 2.57. The Morgan fingerprint density at radius 2 is 1.94 bits per heavy atom. The summed E-state index contributed by atoms with van der Waals surface area (Å²) in [6.45, 7) is 0. The van der Waals surface area contributed by atoms with Crippen LogP contribution in [0.15, 0.2) is 18.3 Å². The van der Waals surface area contributed by atoms with Gasteiger partial charge in [0, 0.05) is 6.20 Å². The summed E-state index contributed by atoms with van der Waals surface area (Å²) in [5, 5.41) is 9.10. The maximum absolute atomic E-state index is 11.1. The van der Waals surface area contributed by atoms with Crippen molar-refractivity contribution in [3.05, 3.63) is 29.6 Å². The molecule has 1 N–H and O–H groups in total. The first kappa shape index (κ1) is 11.1. The number of pyridine rings is 1. The van der Waals surface area contributed by atoms with Crippen molar-refractivity contribution in [2.24, 2.45) is 0 Å². The molecule has 3 heteroatoms. The van der Waals surface area contributed by atoms with Gasteiger partial charge >= 0.3 is 5.97 Å². The smallest absolute Gasteiger partial charge is 0.354 e. The summed E-state index contributed by atoms with van der Waals surface area (Å²) in [6.07, 6.45) is 8.73. The Balaban J connectivity index is 2.27. The van der Waals surface area contributed by atoms with E-state index in [1.165, 1.54) is 25.7 Å². The van der Waals surface area contributed by atoms with Crippen LogP contribution in [-0.2, 0) is 0 Å². The van der Waals surface area contributed by atoms with E-state index in [9.17, 15) is 4.79 Å². The number of aromatic carboxylic acids is 1. The van der Waals surface area contributed by atoms with E-state index < -0.39 is 5.97 Å². The number of rotatable bonds is 2. The van der Waals surface area contributed by atoms with Crippen molar-refractivity contribution in [3.63, 3.8) is 0 Å². The molecular weight excluding hydrogens is 202 g/mol. The first-order chi connectivity index (χ1) is 7.79. The maximum Gasteiger partial charge on any atom is 0.354 e. The second-order valence-electron chi connectivity index (χ2n) is 4.43. The SMILES string of the molecule is O=C(O)c1ncccc1C1CCCCCC1. The summed E-state index contributed by atoms with van der Waals surface area (Å²) in [6, 6.07) is 3.76. The number of nitrogens with zero attached hydrogens (tertiary/aromatic N) is 1. The summed E-state index contributed by atoms with van der Waals surface area (Å²) < 4.78 is 0. The number of carboxylic acids is 1. The van der Waals surface area contributed by atoms with Gasteiger partial charge in [0.2, 0.25) is 0 Å². The normalized spacial score (nSPS) is 18.0. The molecular formula is C13H17NO2. The molecule has 2 rings (SSSR count). The van der Waals surface area contributed by atoms with Crippen molar-refractivity contribution in [1.82, 2.24) is 4.98 Å². The lowest BCUT2D eigenvalue weighted by molar-refractivity contribution is 0.0688. The summed E-state index contributed by atoms with van der Waals surface area (Å²) in [7, 11) is 0. The molecule has 1 heterocycles. The highest BCUT2D eigenvalue weighted by molar-refractivity contribution is 5.87. The summed E-state index contributed by atoms with van der Waals surface area (Å²) in [5.41, 5.74) is 1.17. The highest BCUT2D eigenvalue weighted by Gasteiger charge is 2.20. The van der Waals surface area contributed by atoms with Gasteiger partial charge in [-0.3, -0.25) is 0 Å². The second kappa shape index (κ2) is 5.10. The lowest BCUT2D eigenvalue weighted by Gasteiger charge is -2.15. The molecule has 0 spiro atoms. The number of carboxylic acid groups (broad SMARTS) is 1. The largest absolute Gasteiger partial charge is 0.477 e. The molecule has 1 saturated carbocycles. The third-order valence-electron chi connectivity index (χ3n) is 3.34. The van der Waals surface area contributed by atoms with E-state index in [2.05, 4.69) is 4.98 Å². The van der Waals surface area contributed by atoms with Crippen LogP contribution in [0, 0.1) is 0 Å². The molecule has 0 bridgehead atoms. The summed E-state index contributed by atoms with van der Waals surface area (Å²) >= 11 is 0. The van der Waals surface area contributed by atoms with E-state index in [0.29, 0.717) is 5.92 Å². The van der Waals surface area contributed by atoms with Crippen molar-refractivity contribution in [1.29, 1.82) is 0 Å². The fourth-order valence-electron chi connectivity index (χ4n) is 2.52. The number of carbonyl (C=O) groups is 1. The Labute approximate surface area is 95.5 Å². The topological polar surface area (TPSA) is 50.2 Å². The Bertz CT molecular complexity index is 368. The zero-order valence-electron chi connectivity index (χ0n) is 9.35. The van der Waals surface area contributed by atoms with Gasteiger partial charge in [-0.15, -0.1) is 0 Å². The quantitative estimate of drug-likeness (QED) is 0.777. The maximum atomic E-state index is 11.1. The Morgan fingerprint density at radius 3 is 2.56 bits per heavy atom. The molecule has 3 nitrogen and oxygen atoms in total. The molecule has 1 aliphatic rings. The molecule has 1 aromatic rings. The molecule has 0 saturated heterocycles. The van der Waals surface area contributed by atoms with E-state index in [-0.39, 0.29) is 5.69 Å². The van der Waals surface area contributed by atoms with E-state index >= 15 is 0 Å². The predicted molar refractivity (Wildman–Crippen MR) is 61.6 cm³/mol. The van der Waals surface area contributed by atoms with E-state index in [1.807, 2.05) is 12.1 Å². The van der Waals surface area contributed by atoms with Crippen molar-refractivity contribution < 1.29 is 9.90 Å². The minimum absolute atomic E-state index is 0.245. The lowest BCUT2D eigenvalue weighted by atomic mass is 9.90. The number of hydrogen-bond donors (Lipinski definition) is 1. The summed E-state index contributed by atoms with van der Waals surface area (Å²) in [5.74, 6) is -0.512. The van der Waals surface area contributed by atoms with Crippen LogP contribution in [0.2, 0.25) is 0 Å². The minimum atomic E-state index is -0.903. The van der Waals surface area contributed by atoms with Gasteiger partial charge < -0.3 is 5.11 Å². The Hall–Kier alpha value is -1.38. The van der Waals surface area contributed by atoms with Crippen LogP contribution in [0.25, 0.3) is 0 Å². The zero-order chi connectivity index (χ0) is 11.4. The van der Waals surface area contributed by atoms with Crippen LogP contribution in [0.5, 0.6) is 0 Å². The van der Waals surface area contributed by atoms with Gasteiger partial charge in [-0.05, 0) is 30.4 Å². The van der Waals surface area contributed by atoms with Gasteiger partial charge in [0.1, 0.15) is 0 Å². The van der Waals surface area contributed by atoms with Crippen LogP contribution >= 0.6 is 0 Å². The molecule has 0 atom stereocenters. The van der Waals surface area contributed by atoms with E-state index in [4.69, 9.17) is 5.11 Å². The molecule has 0 radical (unpaired) electrons. The number of aromatic nitrogens is 1. The van der Waals surface area contributed by atoms with Crippen molar-refractivity contribution in [2.75, 3.05) is 0 Å². The van der Waals surface area contributed by atoms with Crippen molar-refractivity contribution in [3.8, 4) is 0 Å². The van der Waals surface area contributed by atoms with Crippen LogP contribution in [-0.4, -0.2) is 16.1 Å². The van der Waals surface area contributed by atoms with Crippen molar-refractivity contribution in [2.45, 2.75) is 44.4 Å². The molecule has 0 aromatic carbocycles. The second-order valence-corrected chi connectivity index (χ2v) is 4.43. The molecule has 86 valence electrons. The monoisotopic (exact) mass is 219 g/mol. The van der Waals surface area contributed by atoms with Crippen LogP contribution in [0.1, 0.15) is 60.5 Å². The van der Waals surface area contributed by atoms with E-state index in [0.717, 1.165) is 18.4 Å². The van der Waals surface area contributed by atoms with Gasteiger partial charge in [0.25, 0.3) is 0 Å². The third kappa shape index (κ3) is 2.40. The fraction of sp³-hybridized carbons (Fsp3) is 0.538. The molecule has 16 heavy (non-hydrogen) atoms. The van der Waals surface area contributed by atoms with Gasteiger partial charge in [0.05, 0.1) is 0 Å². The van der Waals surface area contributed by atoms with E-state index in [1.54, 1.807) is 6.20 Å². The number of hydrogen-bond acceptors (Lipinski definition) is 2. The van der Waals surface area contributed by atoms with Crippen LogP contribution in [0.4, 0.5) is 0 Å². The summed E-state index contributed by atoms with van der Waals surface area (Å²) in [4.78, 5) is 15.1. The molecule has 0 amide bonds. The molecule has 0 unspecified atom stereocenters. The zero-order valence-corrected chi connectivity index (χ0v) is 9.35. The van der Waals surface area contributed by atoms with Crippen LogP contribution < -0.4 is 0 Å². The molecule has 1 fully saturated rings. The molecule has 0 aliphatic heterocycles. The minimum Gasteiger partial charge on any atom is -0.477 e. The first-order valence-electron chi connectivity index (χ1n) is 5.97. The predicted octanol–water partition coefficient (Wildman–Crippen LogP) is 3.22. The van der Waals surface area contributed by atoms with Gasteiger partial charge in [-0.25, -0.2) is 9.78 Å². The van der Waals surface area contributed by atoms with Gasteiger partial charge in [0.15, 0.2) is 5.69 Å². The Kier molecular flexibility index (Phi) is 3.54. The third-order valence-corrected chi connectivity index (χ3v) is 3.34. The lowest BCUT2D eigenvalue weighted by Crippen LogP contribution is -2.09. The Morgan fingerprint density at radius 1 is 1.25 bits per heavy atom. The standard InChI is InChI=1S/C13H17NO2/c15-13(16)12-11(8-5-9-14-12)10-6-3-1-2-4-7-10/h5,8-10H,1-4,6-7H2,(H,15,16). The highest BCUT2D eigenvalue weighted by Crippen LogP contribution is 2.32. The highest BCUT2D eigenvalue weighted by atomic mass is 16.4. The van der Waals surface area contributed by atoms with Gasteiger partial charge in [-0.1, -0.05) is 31.7 Å². The van der Waals surface area contributed by atoms with Crippen LogP contribution in [0.3, 0.4) is 0 Å². The first-order valence-corrected chi connectivity index (χ1v) is 5.97. The average molecular weight is 219 g/mol. The molecule has 1 aliphatic carbocycles.